The molecular formula is C18H20N6O3S2. The second kappa shape index (κ2) is 8.72. The summed E-state index contributed by atoms with van der Waals surface area (Å²) in [5.41, 5.74) is 2.47. The fraction of sp³-hybridized carbons (Fsp3) is 0.222. The van der Waals surface area contributed by atoms with Crippen LogP contribution in [0.1, 0.15) is 19.4 Å². The van der Waals surface area contributed by atoms with E-state index in [0.29, 0.717) is 10.8 Å². The smallest absolute Gasteiger partial charge is 0.238 e. The first-order chi connectivity index (χ1) is 13.8. The summed E-state index contributed by atoms with van der Waals surface area (Å²) in [6.07, 6.45) is 0.937. The maximum absolute atomic E-state index is 12.5. The number of hydrogen-bond acceptors (Lipinski definition) is 7. The topological polar surface area (TPSA) is 133 Å². The fourth-order valence-corrected chi connectivity index (χ4v) is 3.79. The molecule has 1 unspecified atom stereocenters. The number of thioether (sulfide) groups is 1. The van der Waals surface area contributed by atoms with Crippen LogP contribution in [0.15, 0.2) is 58.6 Å². The monoisotopic (exact) mass is 432 g/mol. The van der Waals surface area contributed by atoms with E-state index >= 15 is 0 Å². The number of sulfonamides is 1. The summed E-state index contributed by atoms with van der Waals surface area (Å²) in [6.45, 7) is 3.81. The van der Waals surface area contributed by atoms with Crippen molar-refractivity contribution in [2.45, 2.75) is 35.6 Å². The molecule has 29 heavy (non-hydrogen) atoms. The van der Waals surface area contributed by atoms with Gasteiger partial charge in [0.1, 0.15) is 0 Å². The molecule has 0 saturated heterocycles. The molecule has 3 rings (SSSR count). The molecule has 0 radical (unpaired) electrons. The molecule has 152 valence electrons. The van der Waals surface area contributed by atoms with Gasteiger partial charge < -0.3 is 5.32 Å². The van der Waals surface area contributed by atoms with Gasteiger partial charge in [0.25, 0.3) is 0 Å². The minimum Gasteiger partial charge on any atom is -0.325 e. The molecule has 1 amide bonds. The number of benzene rings is 2. The standard InChI is InChI=1S/C18H20N6O3S2/c1-3-13-4-8-15(9-5-13)24-18(21-22-23-24)28-12(2)17(25)20-14-6-10-16(11-7-14)29(19,26)27/h4-12H,3H2,1-2H3,(H,20,25)(H2,19,26,27). The van der Waals surface area contributed by atoms with E-state index in [1.165, 1.54) is 41.6 Å². The largest absolute Gasteiger partial charge is 0.325 e. The first kappa shape index (κ1) is 21.0. The summed E-state index contributed by atoms with van der Waals surface area (Å²) in [6, 6.07) is 13.5. The van der Waals surface area contributed by atoms with Gasteiger partial charge in [-0.3, -0.25) is 4.79 Å². The van der Waals surface area contributed by atoms with Crippen LogP contribution in [0.5, 0.6) is 0 Å². The molecule has 0 bridgehead atoms. The van der Waals surface area contributed by atoms with Crippen molar-refractivity contribution in [2.24, 2.45) is 5.14 Å². The van der Waals surface area contributed by atoms with Crippen molar-refractivity contribution in [3.8, 4) is 5.69 Å². The number of nitrogens with one attached hydrogen (secondary N) is 1. The van der Waals surface area contributed by atoms with Crippen LogP contribution in [0.25, 0.3) is 5.69 Å². The summed E-state index contributed by atoms with van der Waals surface area (Å²) in [5.74, 6) is -0.269. The SMILES string of the molecule is CCc1ccc(-n2nnnc2SC(C)C(=O)Nc2ccc(S(N)(=O)=O)cc2)cc1. The lowest BCUT2D eigenvalue weighted by Crippen LogP contribution is -2.23. The summed E-state index contributed by atoms with van der Waals surface area (Å²) < 4.78 is 24.2. The van der Waals surface area contributed by atoms with E-state index in [1.54, 1.807) is 11.6 Å². The number of amides is 1. The predicted molar refractivity (Wildman–Crippen MR) is 110 cm³/mol. The Balaban J connectivity index is 1.68. The molecule has 0 aliphatic rings. The van der Waals surface area contributed by atoms with Crippen molar-refractivity contribution in [2.75, 3.05) is 5.32 Å². The molecule has 3 aromatic rings. The summed E-state index contributed by atoms with van der Waals surface area (Å²) >= 11 is 1.22. The van der Waals surface area contributed by atoms with Crippen molar-refractivity contribution in [3.63, 3.8) is 0 Å². The number of aryl methyl sites for hydroxylation is 1. The normalized spacial score (nSPS) is 12.5. The third kappa shape index (κ3) is 5.19. The number of carbonyl (C=O) groups is 1. The molecule has 0 saturated carbocycles. The number of anilines is 1. The zero-order chi connectivity index (χ0) is 21.0. The lowest BCUT2D eigenvalue weighted by molar-refractivity contribution is -0.115. The van der Waals surface area contributed by atoms with Crippen LogP contribution in [0.2, 0.25) is 0 Å². The second-order valence-corrected chi connectivity index (χ2v) is 9.08. The van der Waals surface area contributed by atoms with Crippen molar-refractivity contribution < 1.29 is 13.2 Å². The Labute approximate surface area is 172 Å². The molecule has 1 aromatic heterocycles. The van der Waals surface area contributed by atoms with Gasteiger partial charge in [-0.25, -0.2) is 13.6 Å². The van der Waals surface area contributed by atoms with E-state index < -0.39 is 15.3 Å². The van der Waals surface area contributed by atoms with Crippen molar-refractivity contribution in [1.29, 1.82) is 0 Å². The molecular weight excluding hydrogens is 412 g/mol. The number of nitrogens with two attached hydrogens (primary N) is 1. The van der Waals surface area contributed by atoms with Crippen LogP contribution in [0, 0.1) is 0 Å². The predicted octanol–water partition coefficient (Wildman–Crippen LogP) is 1.99. The van der Waals surface area contributed by atoms with Gasteiger partial charge in [0.15, 0.2) is 0 Å². The number of aromatic nitrogens is 4. The van der Waals surface area contributed by atoms with Crippen LogP contribution in [-0.4, -0.2) is 39.8 Å². The highest BCUT2D eigenvalue weighted by atomic mass is 32.2. The van der Waals surface area contributed by atoms with Gasteiger partial charge in [0, 0.05) is 5.69 Å². The minimum absolute atomic E-state index is 0.0220. The number of tetrazole rings is 1. The number of hydrogen-bond donors (Lipinski definition) is 2. The summed E-state index contributed by atoms with van der Waals surface area (Å²) in [4.78, 5) is 12.5. The molecule has 0 aliphatic carbocycles. The molecule has 0 spiro atoms. The molecule has 0 fully saturated rings. The van der Waals surface area contributed by atoms with Gasteiger partial charge in [0.05, 0.1) is 15.8 Å². The van der Waals surface area contributed by atoms with E-state index in [4.69, 9.17) is 5.14 Å². The fourth-order valence-electron chi connectivity index (χ4n) is 2.47. The highest BCUT2D eigenvalue weighted by Gasteiger charge is 2.19. The van der Waals surface area contributed by atoms with E-state index in [1.807, 2.05) is 24.3 Å². The Bertz CT molecular complexity index is 1100. The first-order valence-corrected chi connectivity index (χ1v) is 11.2. The van der Waals surface area contributed by atoms with Crippen LogP contribution < -0.4 is 10.5 Å². The molecule has 9 nitrogen and oxygen atoms in total. The maximum atomic E-state index is 12.5. The molecule has 11 heteroatoms. The summed E-state index contributed by atoms with van der Waals surface area (Å²) in [7, 11) is -3.78. The van der Waals surface area contributed by atoms with Crippen LogP contribution in [0.3, 0.4) is 0 Å². The molecule has 0 aliphatic heterocycles. The molecule has 3 N–H and O–H groups in total. The van der Waals surface area contributed by atoms with Crippen LogP contribution >= 0.6 is 11.8 Å². The van der Waals surface area contributed by atoms with Crippen molar-refractivity contribution >= 4 is 33.4 Å². The average molecular weight is 433 g/mol. The third-order valence-electron chi connectivity index (χ3n) is 4.13. The van der Waals surface area contributed by atoms with E-state index in [2.05, 4.69) is 27.8 Å². The third-order valence-corrected chi connectivity index (χ3v) is 6.09. The molecule has 2 aromatic carbocycles. The number of rotatable bonds is 7. The Morgan fingerprint density at radius 3 is 2.41 bits per heavy atom. The highest BCUT2D eigenvalue weighted by molar-refractivity contribution is 8.00. The number of carbonyl (C=O) groups excluding carboxylic acids is 1. The Morgan fingerprint density at radius 2 is 1.83 bits per heavy atom. The number of nitrogens with zero attached hydrogens (tertiary/aromatic N) is 4. The van der Waals surface area contributed by atoms with Gasteiger partial charge in [-0.15, -0.1) is 5.10 Å². The molecule has 1 atom stereocenters. The zero-order valence-corrected chi connectivity index (χ0v) is 17.4. The Morgan fingerprint density at radius 1 is 1.17 bits per heavy atom. The van der Waals surface area contributed by atoms with Gasteiger partial charge in [-0.2, -0.15) is 4.68 Å². The lowest BCUT2D eigenvalue weighted by atomic mass is 10.1. The highest BCUT2D eigenvalue weighted by Crippen LogP contribution is 2.24. The van der Waals surface area contributed by atoms with Crippen LogP contribution in [-0.2, 0) is 21.2 Å². The number of primary sulfonamides is 1. The van der Waals surface area contributed by atoms with Gasteiger partial charge >= 0.3 is 0 Å². The van der Waals surface area contributed by atoms with Crippen LogP contribution in [0.4, 0.5) is 5.69 Å². The Kier molecular flexibility index (Phi) is 6.30. The maximum Gasteiger partial charge on any atom is 0.238 e. The van der Waals surface area contributed by atoms with Gasteiger partial charge in [-0.05, 0) is 65.7 Å². The minimum atomic E-state index is -3.78. The summed E-state index contributed by atoms with van der Waals surface area (Å²) in [5, 5.41) is 19.5. The quantitative estimate of drug-likeness (QED) is 0.545. The second-order valence-electron chi connectivity index (χ2n) is 6.21. The van der Waals surface area contributed by atoms with E-state index in [-0.39, 0.29) is 10.8 Å². The zero-order valence-electron chi connectivity index (χ0n) is 15.8. The van der Waals surface area contributed by atoms with E-state index in [9.17, 15) is 13.2 Å². The lowest BCUT2D eigenvalue weighted by Gasteiger charge is -2.12. The van der Waals surface area contributed by atoms with E-state index in [0.717, 1.165) is 12.1 Å². The van der Waals surface area contributed by atoms with Gasteiger partial charge in [-0.1, -0.05) is 30.8 Å². The average Bonchev–Trinajstić information content (AvgIpc) is 3.15. The molecule has 1 heterocycles. The Hall–Kier alpha value is -2.76. The van der Waals surface area contributed by atoms with Gasteiger partial charge in [0.2, 0.25) is 21.1 Å². The first-order valence-electron chi connectivity index (χ1n) is 8.76. The van der Waals surface area contributed by atoms with Crippen molar-refractivity contribution in [3.05, 3.63) is 54.1 Å². The van der Waals surface area contributed by atoms with Crippen molar-refractivity contribution in [1.82, 2.24) is 20.2 Å².